The molecule has 0 aliphatic rings. The molecule has 2 heterocycles. The van der Waals surface area contributed by atoms with E-state index in [9.17, 15) is 0 Å². The van der Waals surface area contributed by atoms with E-state index in [1.165, 1.54) is 0 Å². The molecular weight excluding hydrogens is 274 g/mol. The largest absolute Gasteiger partial charge is 0.463 e. The van der Waals surface area contributed by atoms with Crippen LogP contribution in [0.25, 0.3) is 0 Å². The maximum Gasteiger partial charge on any atom is 0.323 e. The van der Waals surface area contributed by atoms with Crippen LogP contribution in [0.2, 0.25) is 0 Å². The summed E-state index contributed by atoms with van der Waals surface area (Å²) < 4.78 is 7.24. The van der Waals surface area contributed by atoms with E-state index in [4.69, 9.17) is 10.6 Å². The second kappa shape index (κ2) is 7.33. The fraction of sp³-hybridized carbons (Fsp3) is 0.545. The Kier molecular flexibility index (Phi) is 5.21. The first-order chi connectivity index (χ1) is 10.2. The van der Waals surface area contributed by atoms with Crippen molar-refractivity contribution in [2.24, 2.45) is 12.9 Å². The van der Waals surface area contributed by atoms with Crippen molar-refractivity contribution < 1.29 is 4.74 Å². The summed E-state index contributed by atoms with van der Waals surface area (Å²) >= 11 is 0. The molecule has 2 aromatic heterocycles. The van der Waals surface area contributed by atoms with Crippen LogP contribution >= 0.6 is 0 Å². The maximum atomic E-state index is 5.39. The van der Waals surface area contributed by atoms with Crippen molar-refractivity contribution in [1.82, 2.24) is 29.7 Å². The van der Waals surface area contributed by atoms with Crippen molar-refractivity contribution in [2.75, 3.05) is 23.9 Å². The van der Waals surface area contributed by atoms with E-state index in [0.717, 1.165) is 12.2 Å². The van der Waals surface area contributed by atoms with Gasteiger partial charge in [-0.15, -0.1) is 10.2 Å². The van der Waals surface area contributed by atoms with Crippen LogP contribution in [-0.4, -0.2) is 42.9 Å². The molecule has 0 fully saturated rings. The van der Waals surface area contributed by atoms with Crippen molar-refractivity contribution in [3.05, 3.63) is 12.2 Å². The third-order valence-corrected chi connectivity index (χ3v) is 2.62. The number of nitrogens with one attached hydrogen (secondary N) is 2. The third kappa shape index (κ3) is 4.24. The zero-order valence-corrected chi connectivity index (χ0v) is 12.1. The number of hydrogen-bond acceptors (Lipinski definition) is 9. The second-order valence-electron chi connectivity index (χ2n) is 4.29. The molecule has 0 unspecified atom stereocenters. The number of nitrogens with zero attached hydrogens (tertiary/aromatic N) is 6. The molecule has 0 atom stereocenters. The van der Waals surface area contributed by atoms with Gasteiger partial charge in [0, 0.05) is 20.0 Å². The molecule has 2 rings (SSSR count). The molecule has 0 amide bonds. The first kappa shape index (κ1) is 14.9. The normalized spacial score (nSPS) is 10.4. The van der Waals surface area contributed by atoms with Crippen molar-refractivity contribution in [1.29, 1.82) is 0 Å². The smallest absolute Gasteiger partial charge is 0.323 e. The number of rotatable bonds is 8. The Balaban J connectivity index is 1.96. The molecule has 2 aromatic rings. The summed E-state index contributed by atoms with van der Waals surface area (Å²) in [6.07, 6.45) is 3.22. The fourth-order valence-electron chi connectivity index (χ4n) is 1.58. The monoisotopic (exact) mass is 293 g/mol. The van der Waals surface area contributed by atoms with Gasteiger partial charge in [-0.05, 0) is 6.42 Å². The lowest BCUT2D eigenvalue weighted by molar-refractivity contribution is 0.292. The van der Waals surface area contributed by atoms with Crippen LogP contribution < -0.4 is 21.3 Å². The molecular formula is C11H19N9O. The molecule has 0 aromatic carbocycles. The van der Waals surface area contributed by atoms with Gasteiger partial charge in [-0.2, -0.15) is 15.0 Å². The molecule has 4 N–H and O–H groups in total. The Morgan fingerprint density at radius 2 is 2.10 bits per heavy atom. The molecule has 0 radical (unpaired) electrons. The summed E-state index contributed by atoms with van der Waals surface area (Å²) in [5.41, 5.74) is 2.39. The van der Waals surface area contributed by atoms with Crippen molar-refractivity contribution >= 4 is 11.9 Å². The molecule has 10 nitrogen and oxygen atoms in total. The number of anilines is 2. The van der Waals surface area contributed by atoms with E-state index in [-0.39, 0.29) is 12.0 Å². The topological polar surface area (TPSA) is 129 Å². The SMILES string of the molecule is CCCOc1nc(NN)nc(NCCc2nncn2C)n1. The van der Waals surface area contributed by atoms with Crippen LogP contribution in [0.15, 0.2) is 6.33 Å². The van der Waals surface area contributed by atoms with Gasteiger partial charge >= 0.3 is 6.01 Å². The standard InChI is InChI=1S/C11H19N9O/c1-3-6-21-11-16-9(15-10(17-11)18-12)13-5-4-8-19-14-7-20(8)2/h7H,3-6,12H2,1-2H3,(H2,13,15,16,17,18). The number of nitrogens with two attached hydrogens (primary N) is 1. The minimum absolute atomic E-state index is 0.237. The van der Waals surface area contributed by atoms with Gasteiger partial charge in [0.1, 0.15) is 12.2 Å². The van der Waals surface area contributed by atoms with Gasteiger partial charge in [0.05, 0.1) is 6.61 Å². The summed E-state index contributed by atoms with van der Waals surface area (Å²) in [6.45, 7) is 3.14. The van der Waals surface area contributed by atoms with Gasteiger partial charge in [0.2, 0.25) is 11.9 Å². The Morgan fingerprint density at radius 3 is 2.76 bits per heavy atom. The highest BCUT2D eigenvalue weighted by atomic mass is 16.5. The van der Waals surface area contributed by atoms with E-state index < -0.39 is 0 Å². The zero-order chi connectivity index (χ0) is 15.1. The summed E-state index contributed by atoms with van der Waals surface area (Å²) in [5.74, 6) is 6.85. The van der Waals surface area contributed by atoms with Crippen molar-refractivity contribution in [3.8, 4) is 6.01 Å². The van der Waals surface area contributed by atoms with Gasteiger partial charge in [-0.3, -0.25) is 5.43 Å². The van der Waals surface area contributed by atoms with Crippen LogP contribution in [0.4, 0.5) is 11.9 Å². The van der Waals surface area contributed by atoms with E-state index in [1.54, 1.807) is 6.33 Å². The van der Waals surface area contributed by atoms with Crippen LogP contribution in [0, 0.1) is 0 Å². The number of hydrogen-bond donors (Lipinski definition) is 3. The van der Waals surface area contributed by atoms with Crippen LogP contribution in [0.3, 0.4) is 0 Å². The second-order valence-corrected chi connectivity index (χ2v) is 4.29. The Labute approximate surface area is 122 Å². The Bertz CT molecular complexity index is 571. The summed E-state index contributed by atoms with van der Waals surface area (Å²) in [6, 6.07) is 0.237. The predicted octanol–water partition coefficient (Wildman–Crippen LogP) is -0.271. The molecule has 0 saturated carbocycles. The minimum atomic E-state index is 0.237. The summed E-state index contributed by atoms with van der Waals surface area (Å²) in [5, 5.41) is 10.9. The summed E-state index contributed by atoms with van der Waals surface area (Å²) in [7, 11) is 1.89. The van der Waals surface area contributed by atoms with Gasteiger partial charge in [0.25, 0.3) is 0 Å². The first-order valence-corrected chi connectivity index (χ1v) is 6.65. The number of aryl methyl sites for hydroxylation is 1. The number of nitrogen functional groups attached to an aromatic ring is 1. The lowest BCUT2D eigenvalue weighted by Crippen LogP contribution is -2.16. The highest BCUT2D eigenvalue weighted by molar-refractivity contribution is 5.34. The maximum absolute atomic E-state index is 5.39. The lowest BCUT2D eigenvalue weighted by atomic mass is 10.4. The number of aromatic nitrogens is 6. The van der Waals surface area contributed by atoms with Gasteiger partial charge in [-0.1, -0.05) is 6.92 Å². The quantitative estimate of drug-likeness (QED) is 0.445. The summed E-state index contributed by atoms with van der Waals surface area (Å²) in [4.78, 5) is 12.3. The molecule has 10 heteroatoms. The lowest BCUT2D eigenvalue weighted by Gasteiger charge is -2.08. The van der Waals surface area contributed by atoms with Crippen LogP contribution in [0.1, 0.15) is 19.2 Å². The van der Waals surface area contributed by atoms with Gasteiger partial charge < -0.3 is 14.6 Å². The molecule has 0 aliphatic carbocycles. The van der Waals surface area contributed by atoms with E-state index in [1.807, 2.05) is 18.5 Å². The zero-order valence-electron chi connectivity index (χ0n) is 12.1. The van der Waals surface area contributed by atoms with Gasteiger partial charge in [-0.25, -0.2) is 5.84 Å². The van der Waals surface area contributed by atoms with E-state index in [0.29, 0.717) is 25.5 Å². The van der Waals surface area contributed by atoms with E-state index in [2.05, 4.69) is 35.9 Å². The molecule has 21 heavy (non-hydrogen) atoms. The van der Waals surface area contributed by atoms with E-state index >= 15 is 0 Å². The van der Waals surface area contributed by atoms with Crippen LogP contribution in [0.5, 0.6) is 6.01 Å². The Morgan fingerprint density at radius 1 is 1.29 bits per heavy atom. The minimum Gasteiger partial charge on any atom is -0.463 e. The predicted molar refractivity (Wildman–Crippen MR) is 76.6 cm³/mol. The third-order valence-electron chi connectivity index (χ3n) is 2.62. The van der Waals surface area contributed by atoms with Crippen molar-refractivity contribution in [3.63, 3.8) is 0 Å². The fourth-order valence-corrected chi connectivity index (χ4v) is 1.58. The van der Waals surface area contributed by atoms with Crippen molar-refractivity contribution in [2.45, 2.75) is 19.8 Å². The van der Waals surface area contributed by atoms with Gasteiger partial charge in [0.15, 0.2) is 0 Å². The molecule has 114 valence electrons. The molecule has 0 spiro atoms. The van der Waals surface area contributed by atoms with Crippen LogP contribution in [-0.2, 0) is 13.5 Å². The first-order valence-electron chi connectivity index (χ1n) is 6.65. The average Bonchev–Trinajstić information content (AvgIpc) is 2.90. The number of hydrazine groups is 1. The highest BCUT2D eigenvalue weighted by Gasteiger charge is 2.07. The average molecular weight is 293 g/mol. The number of ether oxygens (including phenoxy) is 1. The molecule has 0 bridgehead atoms. The Hall–Kier alpha value is -2.49. The molecule has 0 aliphatic heterocycles. The highest BCUT2D eigenvalue weighted by Crippen LogP contribution is 2.10. The molecule has 0 saturated heterocycles.